The van der Waals surface area contributed by atoms with Gasteiger partial charge in [0.1, 0.15) is 17.6 Å². The molecule has 0 bridgehead atoms. The summed E-state index contributed by atoms with van der Waals surface area (Å²) in [5.41, 5.74) is 3.93. The Hall–Kier alpha value is -3.46. The summed E-state index contributed by atoms with van der Waals surface area (Å²) in [6.07, 6.45) is 1.58. The number of anilines is 1. The van der Waals surface area contributed by atoms with Crippen LogP contribution in [0.5, 0.6) is 0 Å². The molecule has 1 aromatic carbocycles. The lowest BCUT2D eigenvalue weighted by atomic mass is 10.0. The molecule has 6 nitrogen and oxygen atoms in total. The molecule has 0 atom stereocenters. The van der Waals surface area contributed by atoms with Crippen LogP contribution < -0.4 is 10.6 Å². The third kappa shape index (κ3) is 3.78. The number of nitrogens with zero attached hydrogens (tertiary/aromatic N) is 3. The Balaban J connectivity index is 1.69. The second-order valence-corrected chi connectivity index (χ2v) is 6.04. The average molecular weight is 345 g/mol. The van der Waals surface area contributed by atoms with Crippen molar-refractivity contribution in [2.24, 2.45) is 0 Å². The minimum atomic E-state index is -0.231. The quantitative estimate of drug-likeness (QED) is 0.694. The van der Waals surface area contributed by atoms with Gasteiger partial charge in [-0.05, 0) is 49.2 Å². The van der Waals surface area contributed by atoms with Gasteiger partial charge in [-0.3, -0.25) is 9.78 Å². The van der Waals surface area contributed by atoms with Crippen molar-refractivity contribution in [3.8, 4) is 6.07 Å². The summed E-state index contributed by atoms with van der Waals surface area (Å²) in [6.45, 7) is 4.88. The van der Waals surface area contributed by atoms with Gasteiger partial charge in [0.15, 0.2) is 0 Å². The van der Waals surface area contributed by atoms with E-state index in [1.165, 1.54) is 0 Å². The zero-order chi connectivity index (χ0) is 18.5. The van der Waals surface area contributed by atoms with Crippen molar-refractivity contribution in [1.82, 2.24) is 15.3 Å². The summed E-state index contributed by atoms with van der Waals surface area (Å²) >= 11 is 0. The molecule has 0 unspecified atom stereocenters. The molecular weight excluding hydrogens is 326 g/mol. The van der Waals surface area contributed by atoms with Gasteiger partial charge in [-0.15, -0.1) is 0 Å². The largest absolute Gasteiger partial charge is 0.367 e. The molecule has 0 aliphatic carbocycles. The second-order valence-electron chi connectivity index (χ2n) is 6.04. The molecular formula is C20H19N5O. The highest BCUT2D eigenvalue weighted by Crippen LogP contribution is 2.24. The Morgan fingerprint density at radius 2 is 2.04 bits per heavy atom. The van der Waals surface area contributed by atoms with Crippen molar-refractivity contribution in [1.29, 1.82) is 5.26 Å². The van der Waals surface area contributed by atoms with E-state index in [9.17, 15) is 10.1 Å². The van der Waals surface area contributed by atoms with Crippen LogP contribution in [-0.2, 0) is 0 Å². The van der Waals surface area contributed by atoms with Crippen LogP contribution in [0.25, 0.3) is 10.9 Å². The van der Waals surface area contributed by atoms with Crippen LogP contribution in [0.4, 0.5) is 5.82 Å². The van der Waals surface area contributed by atoms with E-state index in [1.807, 2.05) is 26.0 Å². The Morgan fingerprint density at radius 3 is 2.77 bits per heavy atom. The predicted molar refractivity (Wildman–Crippen MR) is 101 cm³/mol. The normalized spacial score (nSPS) is 10.3. The van der Waals surface area contributed by atoms with E-state index >= 15 is 0 Å². The van der Waals surface area contributed by atoms with Crippen LogP contribution in [0, 0.1) is 25.2 Å². The zero-order valence-electron chi connectivity index (χ0n) is 14.7. The maximum Gasteiger partial charge on any atom is 0.269 e. The maximum absolute atomic E-state index is 12.0. The van der Waals surface area contributed by atoms with E-state index in [2.05, 4.69) is 32.7 Å². The molecule has 1 amide bonds. The first-order valence-electron chi connectivity index (χ1n) is 8.33. The fraction of sp³-hybridized carbons (Fsp3) is 0.200. The van der Waals surface area contributed by atoms with E-state index in [0.29, 0.717) is 30.2 Å². The van der Waals surface area contributed by atoms with Gasteiger partial charge in [-0.1, -0.05) is 12.1 Å². The summed E-state index contributed by atoms with van der Waals surface area (Å²) in [5, 5.41) is 16.3. The number of pyridine rings is 2. The van der Waals surface area contributed by atoms with Crippen LogP contribution in [0.3, 0.4) is 0 Å². The number of rotatable bonds is 5. The SMILES string of the molecule is Cc1cc(C)c2cc(C#N)c(NCCNC(=O)c3ccccn3)nc2c1. The van der Waals surface area contributed by atoms with E-state index in [0.717, 1.165) is 22.0 Å². The number of aryl methyl sites for hydroxylation is 2. The van der Waals surface area contributed by atoms with Crippen LogP contribution in [-0.4, -0.2) is 29.0 Å². The minimum absolute atomic E-state index is 0.231. The number of benzene rings is 1. The summed E-state index contributed by atoms with van der Waals surface area (Å²) in [6, 6.07) is 13.3. The number of hydrogen-bond donors (Lipinski definition) is 2. The fourth-order valence-corrected chi connectivity index (χ4v) is 2.79. The highest BCUT2D eigenvalue weighted by Gasteiger charge is 2.09. The molecule has 0 aliphatic rings. The fourth-order valence-electron chi connectivity index (χ4n) is 2.79. The Bertz CT molecular complexity index is 992. The van der Waals surface area contributed by atoms with Gasteiger partial charge in [0.05, 0.1) is 11.1 Å². The summed E-state index contributed by atoms with van der Waals surface area (Å²) in [5.74, 6) is 0.294. The molecule has 2 heterocycles. The highest BCUT2D eigenvalue weighted by atomic mass is 16.1. The molecule has 6 heteroatoms. The monoisotopic (exact) mass is 345 g/mol. The lowest BCUT2D eigenvalue weighted by molar-refractivity contribution is 0.0950. The predicted octanol–water partition coefficient (Wildman–Crippen LogP) is 2.96. The number of carbonyl (C=O) groups is 1. The number of nitrogens with one attached hydrogen (secondary N) is 2. The third-order valence-electron chi connectivity index (χ3n) is 4.01. The van der Waals surface area contributed by atoms with Crippen LogP contribution in [0.2, 0.25) is 0 Å². The van der Waals surface area contributed by atoms with Crippen molar-refractivity contribution in [2.75, 3.05) is 18.4 Å². The number of nitriles is 1. The van der Waals surface area contributed by atoms with Gasteiger partial charge >= 0.3 is 0 Å². The molecule has 2 aromatic heterocycles. The number of fused-ring (bicyclic) bond motifs is 1. The van der Waals surface area contributed by atoms with Crippen molar-refractivity contribution in [3.05, 3.63) is 65.0 Å². The summed E-state index contributed by atoms with van der Waals surface area (Å²) < 4.78 is 0. The molecule has 0 fully saturated rings. The first kappa shape index (κ1) is 17.4. The summed E-state index contributed by atoms with van der Waals surface area (Å²) in [7, 11) is 0. The minimum Gasteiger partial charge on any atom is -0.367 e. The van der Waals surface area contributed by atoms with Gasteiger partial charge < -0.3 is 10.6 Å². The van der Waals surface area contributed by atoms with Crippen molar-refractivity contribution < 1.29 is 4.79 Å². The second kappa shape index (κ2) is 7.62. The van der Waals surface area contributed by atoms with E-state index < -0.39 is 0 Å². The van der Waals surface area contributed by atoms with Crippen LogP contribution in [0.1, 0.15) is 27.2 Å². The van der Waals surface area contributed by atoms with Crippen molar-refractivity contribution in [2.45, 2.75) is 13.8 Å². The smallest absolute Gasteiger partial charge is 0.269 e. The first-order valence-corrected chi connectivity index (χ1v) is 8.33. The topological polar surface area (TPSA) is 90.7 Å². The molecule has 26 heavy (non-hydrogen) atoms. The first-order chi connectivity index (χ1) is 12.6. The zero-order valence-corrected chi connectivity index (χ0v) is 14.7. The molecule has 0 radical (unpaired) electrons. The van der Waals surface area contributed by atoms with E-state index in [4.69, 9.17) is 0 Å². The molecule has 130 valence electrons. The van der Waals surface area contributed by atoms with Crippen LogP contribution >= 0.6 is 0 Å². The van der Waals surface area contributed by atoms with Gasteiger partial charge in [0.25, 0.3) is 5.91 Å². The molecule has 3 aromatic rings. The molecule has 0 aliphatic heterocycles. The number of hydrogen-bond acceptors (Lipinski definition) is 5. The van der Waals surface area contributed by atoms with Gasteiger partial charge in [0, 0.05) is 24.7 Å². The molecule has 0 spiro atoms. The third-order valence-corrected chi connectivity index (χ3v) is 4.01. The Labute approximate surface area is 151 Å². The maximum atomic E-state index is 12.0. The lowest BCUT2D eigenvalue weighted by Gasteiger charge is -2.11. The van der Waals surface area contributed by atoms with Crippen LogP contribution in [0.15, 0.2) is 42.6 Å². The van der Waals surface area contributed by atoms with Gasteiger partial charge in [-0.2, -0.15) is 5.26 Å². The molecule has 2 N–H and O–H groups in total. The van der Waals surface area contributed by atoms with E-state index in [-0.39, 0.29) is 5.91 Å². The standard InChI is InChI=1S/C20H19N5O/c1-13-9-14(2)16-11-15(12-21)19(25-18(16)10-13)23-7-8-24-20(26)17-5-3-4-6-22-17/h3-6,9-11H,7-8H2,1-2H3,(H,23,25)(H,24,26). The number of aromatic nitrogens is 2. The molecule has 0 saturated heterocycles. The lowest BCUT2D eigenvalue weighted by Crippen LogP contribution is -2.29. The number of amides is 1. The van der Waals surface area contributed by atoms with E-state index in [1.54, 1.807) is 24.4 Å². The average Bonchev–Trinajstić information content (AvgIpc) is 2.65. The highest BCUT2D eigenvalue weighted by molar-refractivity contribution is 5.92. The Kier molecular flexibility index (Phi) is 5.09. The van der Waals surface area contributed by atoms with Gasteiger partial charge in [-0.25, -0.2) is 4.98 Å². The summed E-state index contributed by atoms with van der Waals surface area (Å²) in [4.78, 5) is 20.5. The van der Waals surface area contributed by atoms with Crippen molar-refractivity contribution in [3.63, 3.8) is 0 Å². The van der Waals surface area contributed by atoms with Crippen molar-refractivity contribution >= 4 is 22.6 Å². The molecule has 0 saturated carbocycles. The van der Waals surface area contributed by atoms with Gasteiger partial charge in [0.2, 0.25) is 0 Å². The Morgan fingerprint density at radius 1 is 1.19 bits per heavy atom. The molecule has 3 rings (SSSR count). The number of carbonyl (C=O) groups excluding carboxylic acids is 1.